The highest BCUT2D eigenvalue weighted by molar-refractivity contribution is 7.89. The number of hydrogen-bond acceptors (Lipinski definition) is 5. The predicted molar refractivity (Wildman–Crippen MR) is 88.1 cm³/mol. The Morgan fingerprint density at radius 2 is 1.92 bits per heavy atom. The summed E-state index contributed by atoms with van der Waals surface area (Å²) in [6, 6.07) is 9.47. The van der Waals surface area contributed by atoms with Crippen molar-refractivity contribution in [1.29, 1.82) is 0 Å². The van der Waals surface area contributed by atoms with Crippen LogP contribution in [0.15, 0.2) is 53.8 Å². The standard InChI is InChI=1S/C16H16N4O3S/c1-3-20(24(22,23)14-6-4-12(2)5-7-14)16(21)13-8-9-19-11-17-18-15(19)10-13/h4-11H,3H2,1-2H3. The predicted octanol–water partition coefficient (Wildman–Crippen LogP) is 1.89. The van der Waals surface area contributed by atoms with E-state index >= 15 is 0 Å². The number of hydrogen-bond donors (Lipinski definition) is 0. The molecule has 2 aromatic heterocycles. The van der Waals surface area contributed by atoms with Gasteiger partial charge in [-0.3, -0.25) is 9.20 Å². The molecule has 0 aliphatic rings. The van der Waals surface area contributed by atoms with E-state index in [1.807, 2.05) is 6.92 Å². The quantitative estimate of drug-likeness (QED) is 0.721. The summed E-state index contributed by atoms with van der Waals surface area (Å²) >= 11 is 0. The third-order valence-corrected chi connectivity index (χ3v) is 5.54. The van der Waals surface area contributed by atoms with E-state index in [2.05, 4.69) is 10.2 Å². The molecule has 0 spiro atoms. The highest BCUT2D eigenvalue weighted by Gasteiger charge is 2.28. The van der Waals surface area contributed by atoms with Gasteiger partial charge in [-0.2, -0.15) is 0 Å². The molecule has 8 heteroatoms. The van der Waals surface area contributed by atoms with Gasteiger partial charge in [-0.1, -0.05) is 17.7 Å². The summed E-state index contributed by atoms with van der Waals surface area (Å²) in [6.07, 6.45) is 3.12. The molecule has 3 rings (SSSR count). The van der Waals surface area contributed by atoms with Gasteiger partial charge in [0.1, 0.15) is 6.33 Å². The Morgan fingerprint density at radius 1 is 1.21 bits per heavy atom. The molecule has 124 valence electrons. The molecule has 0 unspecified atom stereocenters. The number of sulfonamides is 1. The second-order valence-corrected chi connectivity index (χ2v) is 7.16. The van der Waals surface area contributed by atoms with Crippen molar-refractivity contribution < 1.29 is 13.2 Å². The van der Waals surface area contributed by atoms with Gasteiger partial charge in [-0.05, 0) is 38.1 Å². The summed E-state index contributed by atoms with van der Waals surface area (Å²) in [6.45, 7) is 3.53. The van der Waals surface area contributed by atoms with Crippen LogP contribution in [0.4, 0.5) is 0 Å². The highest BCUT2D eigenvalue weighted by atomic mass is 32.2. The average molecular weight is 344 g/mol. The number of rotatable bonds is 4. The van der Waals surface area contributed by atoms with Crippen molar-refractivity contribution in [2.45, 2.75) is 18.7 Å². The zero-order chi connectivity index (χ0) is 17.3. The van der Waals surface area contributed by atoms with E-state index in [0.29, 0.717) is 5.65 Å². The first kappa shape index (κ1) is 16.1. The van der Waals surface area contributed by atoms with Gasteiger partial charge in [-0.25, -0.2) is 12.7 Å². The lowest BCUT2D eigenvalue weighted by Gasteiger charge is -2.21. The zero-order valence-electron chi connectivity index (χ0n) is 13.2. The van der Waals surface area contributed by atoms with Crippen LogP contribution < -0.4 is 0 Å². The third-order valence-electron chi connectivity index (χ3n) is 3.67. The fourth-order valence-electron chi connectivity index (χ4n) is 2.35. The van der Waals surface area contributed by atoms with Gasteiger partial charge in [0.15, 0.2) is 5.65 Å². The van der Waals surface area contributed by atoms with Gasteiger partial charge in [0.05, 0.1) is 4.90 Å². The van der Waals surface area contributed by atoms with E-state index in [1.165, 1.54) is 24.5 Å². The van der Waals surface area contributed by atoms with E-state index in [0.717, 1.165) is 9.87 Å². The SMILES string of the molecule is CCN(C(=O)c1ccn2cnnc2c1)S(=O)(=O)c1ccc(C)cc1. The molecule has 0 aliphatic carbocycles. The number of benzene rings is 1. The smallest absolute Gasteiger partial charge is 0.267 e. The molecular formula is C16H16N4O3S. The lowest BCUT2D eigenvalue weighted by molar-refractivity contribution is 0.0866. The van der Waals surface area contributed by atoms with Crippen molar-refractivity contribution in [3.63, 3.8) is 0 Å². The summed E-state index contributed by atoms with van der Waals surface area (Å²) in [7, 11) is -3.91. The maximum Gasteiger partial charge on any atom is 0.267 e. The largest absolute Gasteiger partial charge is 0.289 e. The lowest BCUT2D eigenvalue weighted by atomic mass is 10.2. The van der Waals surface area contributed by atoms with Gasteiger partial charge in [-0.15, -0.1) is 10.2 Å². The second-order valence-electron chi connectivity index (χ2n) is 5.30. The molecule has 2 heterocycles. The molecule has 0 fully saturated rings. The molecule has 0 saturated carbocycles. The number of amides is 1. The van der Waals surface area contributed by atoms with Crippen LogP contribution in [0.2, 0.25) is 0 Å². The van der Waals surface area contributed by atoms with Crippen LogP contribution in [-0.2, 0) is 10.0 Å². The Morgan fingerprint density at radius 3 is 2.58 bits per heavy atom. The Hall–Kier alpha value is -2.74. The molecule has 0 atom stereocenters. The maximum atomic E-state index is 12.8. The van der Waals surface area contributed by atoms with E-state index in [9.17, 15) is 13.2 Å². The minimum absolute atomic E-state index is 0.0346. The van der Waals surface area contributed by atoms with Crippen LogP contribution >= 0.6 is 0 Å². The van der Waals surface area contributed by atoms with Gasteiger partial charge < -0.3 is 0 Å². The third kappa shape index (κ3) is 2.76. The summed E-state index contributed by atoms with van der Waals surface area (Å²) in [5.74, 6) is -0.594. The number of carbonyl (C=O) groups excluding carboxylic acids is 1. The summed E-state index contributed by atoms with van der Waals surface area (Å²) in [5.41, 5.74) is 1.67. The van der Waals surface area contributed by atoms with Crippen molar-refractivity contribution in [2.24, 2.45) is 0 Å². The molecule has 7 nitrogen and oxygen atoms in total. The summed E-state index contributed by atoms with van der Waals surface area (Å²) in [4.78, 5) is 12.8. The fourth-order valence-corrected chi connectivity index (χ4v) is 3.75. The molecule has 0 aliphatic heterocycles. The Balaban J connectivity index is 2.00. The van der Waals surface area contributed by atoms with Crippen molar-refractivity contribution >= 4 is 21.6 Å². The summed E-state index contributed by atoms with van der Waals surface area (Å²) < 4.78 is 28.1. The monoisotopic (exact) mass is 344 g/mol. The van der Waals surface area contributed by atoms with E-state index in [1.54, 1.807) is 35.7 Å². The number of aromatic nitrogens is 3. The van der Waals surface area contributed by atoms with Crippen LogP contribution in [0.5, 0.6) is 0 Å². The van der Waals surface area contributed by atoms with Crippen LogP contribution in [-0.4, -0.2) is 39.8 Å². The van der Waals surface area contributed by atoms with Crippen molar-refractivity contribution in [1.82, 2.24) is 18.9 Å². The molecule has 0 radical (unpaired) electrons. The first-order valence-corrected chi connectivity index (χ1v) is 8.80. The normalized spacial score (nSPS) is 11.6. The Labute approximate surface area is 139 Å². The minimum Gasteiger partial charge on any atom is -0.289 e. The minimum atomic E-state index is -3.91. The molecule has 1 amide bonds. The van der Waals surface area contributed by atoms with Gasteiger partial charge >= 0.3 is 0 Å². The van der Waals surface area contributed by atoms with Crippen LogP contribution in [0.25, 0.3) is 5.65 Å². The highest BCUT2D eigenvalue weighted by Crippen LogP contribution is 2.19. The Bertz CT molecular complexity index is 994. The summed E-state index contributed by atoms with van der Waals surface area (Å²) in [5, 5.41) is 7.61. The lowest BCUT2D eigenvalue weighted by Crippen LogP contribution is -2.36. The molecule has 0 bridgehead atoms. The molecule has 1 aromatic carbocycles. The second kappa shape index (κ2) is 6.04. The van der Waals surface area contributed by atoms with Gasteiger partial charge in [0.2, 0.25) is 0 Å². The van der Waals surface area contributed by atoms with E-state index in [4.69, 9.17) is 0 Å². The maximum absolute atomic E-state index is 12.8. The molecule has 3 aromatic rings. The molecule has 24 heavy (non-hydrogen) atoms. The zero-order valence-corrected chi connectivity index (χ0v) is 14.1. The van der Waals surface area contributed by atoms with Crippen molar-refractivity contribution in [2.75, 3.05) is 6.54 Å². The topological polar surface area (TPSA) is 84.6 Å². The van der Waals surface area contributed by atoms with Crippen LogP contribution in [0.1, 0.15) is 22.8 Å². The molecule has 0 N–H and O–H groups in total. The fraction of sp³-hybridized carbons (Fsp3) is 0.188. The molecular weight excluding hydrogens is 328 g/mol. The first-order chi connectivity index (χ1) is 11.4. The number of nitrogens with zero attached hydrogens (tertiary/aromatic N) is 4. The Kier molecular flexibility index (Phi) is 4.06. The molecule has 0 saturated heterocycles. The number of carbonyl (C=O) groups is 1. The van der Waals surface area contributed by atoms with Crippen LogP contribution in [0, 0.1) is 6.92 Å². The van der Waals surface area contributed by atoms with Crippen molar-refractivity contribution in [3.8, 4) is 0 Å². The number of fused-ring (bicyclic) bond motifs is 1. The number of pyridine rings is 1. The van der Waals surface area contributed by atoms with E-state index in [-0.39, 0.29) is 17.0 Å². The first-order valence-electron chi connectivity index (χ1n) is 7.36. The van der Waals surface area contributed by atoms with E-state index < -0.39 is 15.9 Å². The average Bonchev–Trinajstić information content (AvgIpc) is 3.03. The van der Waals surface area contributed by atoms with Gasteiger partial charge in [0, 0.05) is 18.3 Å². The van der Waals surface area contributed by atoms with Gasteiger partial charge in [0.25, 0.3) is 15.9 Å². The number of aryl methyl sites for hydroxylation is 1. The van der Waals surface area contributed by atoms with Crippen LogP contribution in [0.3, 0.4) is 0 Å². The van der Waals surface area contributed by atoms with Crippen molar-refractivity contribution in [3.05, 3.63) is 60.0 Å².